The molecular weight excluding hydrogens is 292 g/mol. The molecule has 2 aromatic heterocycles. The van der Waals surface area contributed by atoms with Gasteiger partial charge in [0, 0.05) is 5.38 Å². The van der Waals surface area contributed by atoms with Gasteiger partial charge in [-0.2, -0.15) is 0 Å². The molecule has 8 nitrogen and oxygen atoms in total. The Morgan fingerprint density at radius 2 is 2.05 bits per heavy atom. The fourth-order valence-corrected chi connectivity index (χ4v) is 3.32. The van der Waals surface area contributed by atoms with Gasteiger partial charge in [-0.1, -0.05) is 30.2 Å². The van der Waals surface area contributed by atoms with Crippen molar-refractivity contribution in [3.05, 3.63) is 5.38 Å². The number of carbonyl (C=O) groups is 1. The molecular formula is C12H16N6O2S. The Hall–Kier alpha value is -1.90. The lowest BCUT2D eigenvalue weighted by molar-refractivity contribution is -0.151. The van der Waals surface area contributed by atoms with E-state index in [1.807, 2.05) is 0 Å². The number of nitrogens with zero attached hydrogens (tertiary/aromatic N) is 6. The van der Waals surface area contributed by atoms with Crippen molar-refractivity contribution in [2.24, 2.45) is 5.41 Å². The Bertz CT molecular complexity index is 603. The maximum atomic E-state index is 11.8. The number of tetrazole rings is 1. The minimum Gasteiger partial charge on any atom is -0.481 e. The predicted octanol–water partition coefficient (Wildman–Crippen LogP) is 1.62. The molecule has 0 unspecified atom stereocenters. The zero-order valence-corrected chi connectivity index (χ0v) is 12.3. The molecule has 0 radical (unpaired) electrons. The van der Waals surface area contributed by atoms with Gasteiger partial charge in [0.05, 0.1) is 12.0 Å². The monoisotopic (exact) mass is 308 g/mol. The average molecular weight is 308 g/mol. The van der Waals surface area contributed by atoms with E-state index < -0.39 is 11.4 Å². The van der Waals surface area contributed by atoms with Crippen LogP contribution >= 0.6 is 11.5 Å². The van der Waals surface area contributed by atoms with Crippen LogP contribution < -0.4 is 0 Å². The number of hydrogen-bond acceptors (Lipinski definition) is 7. The minimum atomic E-state index is -0.788. The molecule has 0 aliphatic heterocycles. The highest BCUT2D eigenvalue weighted by Gasteiger charge is 2.40. The van der Waals surface area contributed by atoms with Crippen molar-refractivity contribution >= 4 is 17.5 Å². The molecule has 0 atom stereocenters. The van der Waals surface area contributed by atoms with Gasteiger partial charge < -0.3 is 5.11 Å². The lowest BCUT2D eigenvalue weighted by Crippen LogP contribution is -2.36. The van der Waals surface area contributed by atoms with E-state index in [2.05, 4.69) is 25.1 Å². The summed E-state index contributed by atoms with van der Waals surface area (Å²) in [5.74, 6) is -0.282. The minimum absolute atomic E-state index is 0.280. The highest BCUT2D eigenvalue weighted by molar-refractivity contribution is 7.03. The first-order chi connectivity index (χ1) is 10.2. The number of carboxylic acids is 1. The van der Waals surface area contributed by atoms with Gasteiger partial charge in [0.25, 0.3) is 0 Å². The Balaban J connectivity index is 1.90. The van der Waals surface area contributed by atoms with Crippen LogP contribution in [-0.2, 0) is 11.3 Å². The number of aromatic nitrogens is 6. The van der Waals surface area contributed by atoms with Crippen molar-refractivity contribution in [3.8, 4) is 11.5 Å². The van der Waals surface area contributed by atoms with Crippen molar-refractivity contribution in [3.63, 3.8) is 0 Å². The van der Waals surface area contributed by atoms with Crippen molar-refractivity contribution in [1.29, 1.82) is 0 Å². The van der Waals surface area contributed by atoms with Gasteiger partial charge in [-0.3, -0.25) is 4.79 Å². The molecule has 2 heterocycles. The van der Waals surface area contributed by atoms with E-state index in [0.717, 1.165) is 25.7 Å². The molecule has 3 rings (SSSR count). The van der Waals surface area contributed by atoms with Gasteiger partial charge in [0.15, 0.2) is 0 Å². The van der Waals surface area contributed by atoms with Crippen LogP contribution in [0.5, 0.6) is 0 Å². The summed E-state index contributed by atoms with van der Waals surface area (Å²) >= 11 is 1.22. The van der Waals surface area contributed by atoms with E-state index in [0.29, 0.717) is 24.4 Å². The molecule has 9 heteroatoms. The Labute approximate surface area is 125 Å². The second-order valence-electron chi connectivity index (χ2n) is 5.45. The van der Waals surface area contributed by atoms with Gasteiger partial charge in [0.1, 0.15) is 5.69 Å². The van der Waals surface area contributed by atoms with Crippen LogP contribution in [0, 0.1) is 5.41 Å². The summed E-state index contributed by atoms with van der Waals surface area (Å²) in [7, 11) is 0. The number of aliphatic carboxylic acids is 1. The number of rotatable bonds is 4. The molecule has 1 fully saturated rings. The standard InChI is InChI=1S/C12H16N6O2S/c19-11(20)12(5-3-1-2-4-6-12)8-18-10(14-15-16-18)9-7-21-17-13-9/h7H,1-6,8H2,(H,19,20). The number of hydrogen-bond donors (Lipinski definition) is 1. The maximum Gasteiger partial charge on any atom is 0.311 e. The highest BCUT2D eigenvalue weighted by Crippen LogP contribution is 2.37. The van der Waals surface area contributed by atoms with Crippen LogP contribution in [0.1, 0.15) is 38.5 Å². The normalized spacial score (nSPS) is 18.3. The van der Waals surface area contributed by atoms with Gasteiger partial charge in [-0.05, 0) is 34.8 Å². The van der Waals surface area contributed by atoms with E-state index in [1.54, 1.807) is 10.1 Å². The van der Waals surface area contributed by atoms with E-state index in [4.69, 9.17) is 0 Å². The molecule has 0 bridgehead atoms. The largest absolute Gasteiger partial charge is 0.481 e. The fraction of sp³-hybridized carbons (Fsp3) is 0.667. The van der Waals surface area contributed by atoms with E-state index >= 15 is 0 Å². The van der Waals surface area contributed by atoms with Gasteiger partial charge in [0.2, 0.25) is 5.82 Å². The Morgan fingerprint density at radius 3 is 2.67 bits per heavy atom. The third-order valence-corrected chi connectivity index (χ3v) is 4.59. The van der Waals surface area contributed by atoms with Gasteiger partial charge >= 0.3 is 5.97 Å². The maximum absolute atomic E-state index is 11.8. The molecule has 2 aromatic rings. The zero-order chi connectivity index (χ0) is 14.7. The van der Waals surface area contributed by atoms with Crippen LogP contribution in [0.3, 0.4) is 0 Å². The molecule has 0 aromatic carbocycles. The number of carboxylic acid groups (broad SMARTS) is 1. The fourth-order valence-electron chi connectivity index (χ4n) is 2.89. The third kappa shape index (κ3) is 2.78. The Morgan fingerprint density at radius 1 is 1.29 bits per heavy atom. The molecule has 1 aliphatic carbocycles. The van der Waals surface area contributed by atoms with E-state index in [-0.39, 0.29) is 6.54 Å². The van der Waals surface area contributed by atoms with Crippen molar-refractivity contribution in [2.75, 3.05) is 0 Å². The van der Waals surface area contributed by atoms with Crippen molar-refractivity contribution < 1.29 is 9.90 Å². The second-order valence-corrected chi connectivity index (χ2v) is 6.06. The van der Waals surface area contributed by atoms with Gasteiger partial charge in [-0.25, -0.2) is 4.68 Å². The topological polar surface area (TPSA) is 107 Å². The van der Waals surface area contributed by atoms with E-state index in [1.165, 1.54) is 11.5 Å². The highest BCUT2D eigenvalue weighted by atomic mass is 32.1. The lowest BCUT2D eigenvalue weighted by atomic mass is 9.80. The Kier molecular flexibility index (Phi) is 3.91. The first-order valence-electron chi connectivity index (χ1n) is 6.98. The summed E-state index contributed by atoms with van der Waals surface area (Å²) in [4.78, 5) is 11.8. The van der Waals surface area contributed by atoms with E-state index in [9.17, 15) is 9.90 Å². The predicted molar refractivity (Wildman–Crippen MR) is 74.5 cm³/mol. The van der Waals surface area contributed by atoms with Gasteiger partial charge in [-0.15, -0.1) is 10.2 Å². The average Bonchev–Trinajstić information content (AvgIpc) is 3.07. The SMILES string of the molecule is O=C(O)C1(Cn2nnnc2-c2csnn2)CCCCCC1. The molecule has 1 aliphatic rings. The molecule has 21 heavy (non-hydrogen) atoms. The lowest BCUT2D eigenvalue weighted by Gasteiger charge is -2.27. The molecule has 0 saturated heterocycles. The molecule has 0 spiro atoms. The first kappa shape index (κ1) is 14.1. The van der Waals surface area contributed by atoms with Crippen molar-refractivity contribution in [2.45, 2.75) is 45.1 Å². The smallest absolute Gasteiger partial charge is 0.311 e. The summed E-state index contributed by atoms with van der Waals surface area (Å²) in [5.41, 5.74) is -0.205. The summed E-state index contributed by atoms with van der Waals surface area (Å²) in [6.45, 7) is 0.280. The molecule has 1 saturated carbocycles. The molecule has 112 valence electrons. The zero-order valence-electron chi connectivity index (χ0n) is 11.5. The van der Waals surface area contributed by atoms with Crippen LogP contribution in [0.15, 0.2) is 5.38 Å². The van der Waals surface area contributed by atoms with Crippen LogP contribution in [0.2, 0.25) is 0 Å². The third-order valence-electron chi connectivity index (χ3n) is 4.09. The van der Waals surface area contributed by atoms with Crippen LogP contribution in [0.25, 0.3) is 11.5 Å². The van der Waals surface area contributed by atoms with Crippen LogP contribution in [0.4, 0.5) is 0 Å². The summed E-state index contributed by atoms with van der Waals surface area (Å²) in [6, 6.07) is 0. The first-order valence-corrected chi connectivity index (χ1v) is 7.82. The van der Waals surface area contributed by atoms with Crippen LogP contribution in [-0.4, -0.2) is 40.9 Å². The summed E-state index contributed by atoms with van der Waals surface area (Å²) < 4.78 is 5.35. The second kappa shape index (κ2) is 5.84. The van der Waals surface area contributed by atoms with Crippen molar-refractivity contribution in [1.82, 2.24) is 29.8 Å². The quantitative estimate of drug-likeness (QED) is 0.855. The summed E-state index contributed by atoms with van der Waals surface area (Å²) in [5, 5.41) is 27.0. The molecule has 0 amide bonds. The summed E-state index contributed by atoms with van der Waals surface area (Å²) in [6.07, 6.45) is 5.37. The molecule has 1 N–H and O–H groups in total.